The molecular formula is C9H18O6. The third-order valence-corrected chi connectivity index (χ3v) is 2.56. The summed E-state index contributed by atoms with van der Waals surface area (Å²) in [6.45, 7) is -0.579. The molecule has 0 saturated carbocycles. The van der Waals surface area contributed by atoms with Crippen molar-refractivity contribution < 1.29 is 31.6 Å². The van der Waals surface area contributed by atoms with Crippen LogP contribution < -0.4 is 0 Å². The Kier molecular flexibility index (Phi) is 3.55. The van der Waals surface area contributed by atoms with Gasteiger partial charge >= 0.3 is 0 Å². The largest absolute Gasteiger partial charge is 0.394 e. The maximum atomic E-state index is 9.87. The van der Waals surface area contributed by atoms with Crippen LogP contribution in [0.4, 0.5) is 0 Å². The van der Waals surface area contributed by atoms with Crippen molar-refractivity contribution in [3.63, 3.8) is 0 Å². The van der Waals surface area contributed by atoms with E-state index in [1.165, 1.54) is 0 Å². The summed E-state index contributed by atoms with van der Waals surface area (Å²) in [7, 11) is 0. The molecule has 1 rings (SSSR count). The van der Waals surface area contributed by atoms with Gasteiger partial charge in [-0.1, -0.05) is 13.3 Å². The zero-order valence-electron chi connectivity index (χ0n) is 9.28. The van der Waals surface area contributed by atoms with Gasteiger partial charge < -0.3 is 30.3 Å². The summed E-state index contributed by atoms with van der Waals surface area (Å²) in [4.78, 5) is 0. The van der Waals surface area contributed by atoms with Crippen molar-refractivity contribution in [3.05, 3.63) is 0 Å². The van der Waals surface area contributed by atoms with Crippen LogP contribution in [0.5, 0.6) is 0 Å². The highest BCUT2D eigenvalue weighted by atomic mass is 16.7. The number of rotatable bonds is 4. The Morgan fingerprint density at radius 2 is 2.20 bits per heavy atom. The van der Waals surface area contributed by atoms with Crippen molar-refractivity contribution >= 4 is 0 Å². The maximum Gasteiger partial charge on any atom is 0.195 e. The lowest BCUT2D eigenvalue weighted by Gasteiger charge is -2.25. The van der Waals surface area contributed by atoms with Crippen LogP contribution >= 0.6 is 0 Å². The van der Waals surface area contributed by atoms with Gasteiger partial charge in [-0.05, 0) is 0 Å². The SMILES string of the molecule is [2H]CCCC1(O)O[C@H]([C@H](O)CO)[C@@H](O)[C@H]1O. The molecule has 1 aliphatic rings. The van der Waals surface area contributed by atoms with Crippen LogP contribution in [-0.4, -0.2) is 62.3 Å². The first-order valence-corrected chi connectivity index (χ1v) is 4.80. The van der Waals surface area contributed by atoms with E-state index < -0.39 is 36.8 Å². The van der Waals surface area contributed by atoms with E-state index in [9.17, 15) is 20.4 Å². The van der Waals surface area contributed by atoms with Crippen LogP contribution in [0.2, 0.25) is 0 Å². The van der Waals surface area contributed by atoms with E-state index in [1.807, 2.05) is 0 Å². The van der Waals surface area contributed by atoms with E-state index in [2.05, 4.69) is 0 Å². The first-order chi connectivity index (χ1) is 7.46. The van der Waals surface area contributed by atoms with Crippen LogP contribution in [0.1, 0.15) is 21.1 Å². The molecule has 1 heterocycles. The minimum atomic E-state index is -1.96. The lowest BCUT2D eigenvalue weighted by molar-refractivity contribution is -0.241. The minimum Gasteiger partial charge on any atom is -0.394 e. The van der Waals surface area contributed by atoms with Gasteiger partial charge in [-0.3, -0.25) is 0 Å². The van der Waals surface area contributed by atoms with Gasteiger partial charge in [0.25, 0.3) is 0 Å². The molecule has 6 nitrogen and oxygen atoms in total. The highest BCUT2D eigenvalue weighted by molar-refractivity contribution is 4.97. The molecule has 1 fully saturated rings. The van der Waals surface area contributed by atoms with E-state index in [0.29, 0.717) is 6.42 Å². The topological polar surface area (TPSA) is 110 Å². The standard InChI is InChI=1S/C9H18O6/c1-2-3-9(14)8(13)6(12)7(15-9)5(11)4-10/h5-8,10-14H,2-4H2,1H3/t5-,6-,7-,8-,9?/m1/s1/i1D. The van der Waals surface area contributed by atoms with E-state index in [1.54, 1.807) is 0 Å². The first-order valence-electron chi connectivity index (χ1n) is 5.51. The van der Waals surface area contributed by atoms with Crippen molar-refractivity contribution in [2.75, 3.05) is 6.61 Å². The lowest BCUT2D eigenvalue weighted by Crippen LogP contribution is -2.43. The second-order valence-corrected chi connectivity index (χ2v) is 3.72. The number of hydrogen-bond donors (Lipinski definition) is 5. The molecule has 15 heavy (non-hydrogen) atoms. The Morgan fingerprint density at radius 3 is 2.73 bits per heavy atom. The average Bonchev–Trinajstić information content (AvgIpc) is 2.51. The molecule has 0 aromatic rings. The van der Waals surface area contributed by atoms with E-state index in [-0.39, 0.29) is 13.3 Å². The van der Waals surface area contributed by atoms with Gasteiger partial charge in [-0.2, -0.15) is 0 Å². The molecule has 90 valence electrons. The monoisotopic (exact) mass is 223 g/mol. The van der Waals surface area contributed by atoms with Gasteiger partial charge in [0.1, 0.15) is 24.4 Å². The average molecular weight is 223 g/mol. The number of aliphatic hydroxyl groups is 5. The lowest BCUT2D eigenvalue weighted by atomic mass is 9.99. The molecule has 0 radical (unpaired) electrons. The normalized spacial score (nSPS) is 44.1. The molecule has 1 aliphatic heterocycles. The molecule has 0 amide bonds. The molecule has 1 unspecified atom stereocenters. The Bertz CT molecular complexity index is 228. The van der Waals surface area contributed by atoms with Crippen LogP contribution in [0.25, 0.3) is 0 Å². The summed E-state index contributed by atoms with van der Waals surface area (Å²) in [5.41, 5.74) is 0. The number of ether oxygens (including phenoxy) is 1. The Morgan fingerprint density at radius 1 is 1.53 bits per heavy atom. The predicted octanol–water partition coefficient (Wildman–Crippen LogP) is -2.05. The van der Waals surface area contributed by atoms with Crippen molar-refractivity contribution in [1.29, 1.82) is 0 Å². The fraction of sp³-hybridized carbons (Fsp3) is 1.00. The number of aliphatic hydroxyl groups excluding tert-OH is 4. The van der Waals surface area contributed by atoms with Crippen LogP contribution in [0.15, 0.2) is 0 Å². The predicted molar refractivity (Wildman–Crippen MR) is 49.8 cm³/mol. The molecule has 0 bridgehead atoms. The van der Waals surface area contributed by atoms with Crippen molar-refractivity contribution in [2.24, 2.45) is 0 Å². The van der Waals surface area contributed by atoms with Crippen LogP contribution in [-0.2, 0) is 4.74 Å². The smallest absolute Gasteiger partial charge is 0.195 e. The Labute approximate surface area is 89.1 Å². The zero-order valence-corrected chi connectivity index (χ0v) is 8.28. The first kappa shape index (κ1) is 11.3. The highest BCUT2D eigenvalue weighted by Crippen LogP contribution is 2.34. The van der Waals surface area contributed by atoms with Crippen LogP contribution in [0, 0.1) is 0 Å². The van der Waals surface area contributed by atoms with Crippen molar-refractivity contribution in [3.8, 4) is 0 Å². The van der Waals surface area contributed by atoms with Crippen molar-refractivity contribution in [1.82, 2.24) is 0 Å². The summed E-state index contributed by atoms with van der Waals surface area (Å²) in [5.74, 6) is -1.96. The Balaban J connectivity index is 2.69. The molecular weight excluding hydrogens is 204 g/mol. The summed E-state index contributed by atoms with van der Waals surface area (Å²) in [6.07, 6.45) is -5.32. The summed E-state index contributed by atoms with van der Waals surface area (Å²) < 4.78 is 11.9. The molecule has 0 aromatic carbocycles. The highest BCUT2D eigenvalue weighted by Gasteiger charge is 2.54. The van der Waals surface area contributed by atoms with E-state index >= 15 is 0 Å². The van der Waals surface area contributed by atoms with Crippen LogP contribution in [0.3, 0.4) is 0 Å². The third kappa shape index (κ3) is 2.30. The molecule has 1 saturated heterocycles. The van der Waals surface area contributed by atoms with Gasteiger partial charge in [-0.25, -0.2) is 0 Å². The van der Waals surface area contributed by atoms with Gasteiger partial charge in [0.2, 0.25) is 0 Å². The van der Waals surface area contributed by atoms with Crippen molar-refractivity contribution in [2.45, 2.75) is 49.9 Å². The Hall–Kier alpha value is -0.240. The fourth-order valence-corrected chi connectivity index (χ4v) is 1.69. The second kappa shape index (κ2) is 4.73. The summed E-state index contributed by atoms with van der Waals surface area (Å²) >= 11 is 0. The minimum absolute atomic E-state index is 0.0105. The maximum absolute atomic E-state index is 9.87. The van der Waals surface area contributed by atoms with Gasteiger partial charge in [-0.15, -0.1) is 0 Å². The fourth-order valence-electron chi connectivity index (χ4n) is 1.69. The molecule has 6 heteroatoms. The molecule has 0 aliphatic carbocycles. The zero-order chi connectivity index (χ0) is 12.3. The quantitative estimate of drug-likeness (QED) is 0.375. The second-order valence-electron chi connectivity index (χ2n) is 3.72. The van der Waals surface area contributed by atoms with E-state index in [0.717, 1.165) is 0 Å². The molecule has 0 spiro atoms. The summed E-state index contributed by atoms with van der Waals surface area (Å²) in [5, 5.41) is 47.0. The molecule has 0 aromatic heterocycles. The van der Waals surface area contributed by atoms with Gasteiger partial charge in [0.05, 0.1) is 6.61 Å². The van der Waals surface area contributed by atoms with Gasteiger partial charge in [0.15, 0.2) is 5.79 Å². The summed E-state index contributed by atoms with van der Waals surface area (Å²) in [6, 6.07) is 0. The number of hydrogen-bond acceptors (Lipinski definition) is 6. The molecule has 5 atom stereocenters. The van der Waals surface area contributed by atoms with E-state index in [4.69, 9.17) is 11.2 Å². The third-order valence-electron chi connectivity index (χ3n) is 2.56. The molecule has 5 N–H and O–H groups in total. The van der Waals surface area contributed by atoms with Gasteiger partial charge in [0, 0.05) is 7.79 Å².